The summed E-state index contributed by atoms with van der Waals surface area (Å²) >= 11 is 0. The Kier molecular flexibility index (Phi) is 6.78. The van der Waals surface area contributed by atoms with Crippen LogP contribution in [0.25, 0.3) is 99.9 Å². The van der Waals surface area contributed by atoms with Gasteiger partial charge in [-0.15, -0.1) is 0 Å². The molecular formula is C47H29N3O. The Morgan fingerprint density at radius 1 is 0.314 bits per heavy atom. The summed E-state index contributed by atoms with van der Waals surface area (Å²) in [6, 6.07) is 61.2. The quantitative estimate of drug-likeness (QED) is 0.186. The monoisotopic (exact) mass is 651 g/mol. The number of nitrogens with zero attached hydrogens (tertiary/aromatic N) is 3. The number of hydrogen-bond donors (Lipinski definition) is 0. The molecule has 0 N–H and O–H groups in total. The van der Waals surface area contributed by atoms with Gasteiger partial charge in [0.2, 0.25) is 0 Å². The summed E-state index contributed by atoms with van der Waals surface area (Å²) in [5.74, 6) is 1.84. The number of furan rings is 1. The molecule has 0 saturated carbocycles. The maximum absolute atomic E-state index is 6.24. The molecule has 0 aliphatic carbocycles. The third kappa shape index (κ3) is 5.04. The van der Waals surface area contributed by atoms with E-state index in [2.05, 4.69) is 115 Å². The van der Waals surface area contributed by atoms with Gasteiger partial charge in [-0.2, -0.15) is 0 Å². The molecule has 0 bridgehead atoms. The van der Waals surface area contributed by atoms with Crippen LogP contribution in [0.5, 0.6) is 0 Å². The van der Waals surface area contributed by atoms with Crippen molar-refractivity contribution in [1.82, 2.24) is 15.0 Å². The lowest BCUT2D eigenvalue weighted by Crippen LogP contribution is -2.00. The molecule has 10 rings (SSSR count). The molecule has 0 atom stereocenters. The van der Waals surface area contributed by atoms with Crippen LogP contribution in [0.4, 0.5) is 0 Å². The standard InChI is InChI=1S/C47H29N3O/c1-3-12-30(13-4-1)33-26-27-36-34(28-33)17-10-19-37(36)38-20-9-16-31-24-25-35(29-41(31)38)46-48-45(32-14-5-2-6-15-32)49-47(50-46)40-21-11-23-43-44(40)39-18-7-8-22-42(39)51-43/h1-29H. The van der Waals surface area contributed by atoms with Crippen molar-refractivity contribution in [2.75, 3.05) is 0 Å². The molecule has 0 unspecified atom stereocenters. The van der Waals surface area contributed by atoms with Crippen LogP contribution in [0, 0.1) is 0 Å². The van der Waals surface area contributed by atoms with Gasteiger partial charge in [-0.05, 0) is 68.1 Å². The predicted octanol–water partition coefficient (Wildman–Crippen LogP) is 12.4. The summed E-state index contributed by atoms with van der Waals surface area (Å²) < 4.78 is 6.24. The second kappa shape index (κ2) is 11.9. The van der Waals surface area contributed by atoms with Gasteiger partial charge in [-0.25, -0.2) is 15.0 Å². The van der Waals surface area contributed by atoms with Crippen molar-refractivity contribution in [3.63, 3.8) is 0 Å². The fourth-order valence-electron chi connectivity index (χ4n) is 7.28. The molecule has 0 spiro atoms. The van der Waals surface area contributed by atoms with Gasteiger partial charge in [0.1, 0.15) is 11.2 Å². The highest BCUT2D eigenvalue weighted by atomic mass is 16.3. The van der Waals surface area contributed by atoms with Gasteiger partial charge in [0.25, 0.3) is 0 Å². The highest BCUT2D eigenvalue weighted by molar-refractivity contribution is 6.12. The first-order chi connectivity index (χ1) is 25.3. The minimum atomic E-state index is 0.604. The molecule has 8 aromatic carbocycles. The van der Waals surface area contributed by atoms with E-state index in [1.54, 1.807) is 0 Å². The second-order valence-corrected chi connectivity index (χ2v) is 12.8. The van der Waals surface area contributed by atoms with E-state index >= 15 is 0 Å². The van der Waals surface area contributed by atoms with Crippen LogP contribution in [0.15, 0.2) is 180 Å². The van der Waals surface area contributed by atoms with E-state index < -0.39 is 0 Å². The van der Waals surface area contributed by atoms with Crippen LogP contribution in [-0.2, 0) is 0 Å². The van der Waals surface area contributed by atoms with Crippen molar-refractivity contribution in [1.29, 1.82) is 0 Å². The fourth-order valence-corrected chi connectivity index (χ4v) is 7.28. The lowest BCUT2D eigenvalue weighted by atomic mass is 9.92. The van der Waals surface area contributed by atoms with Crippen molar-refractivity contribution in [2.24, 2.45) is 0 Å². The van der Waals surface area contributed by atoms with E-state index in [4.69, 9.17) is 19.4 Å². The minimum absolute atomic E-state index is 0.604. The number of rotatable bonds is 5. The molecule has 0 amide bonds. The molecule has 4 heteroatoms. The highest BCUT2D eigenvalue weighted by Gasteiger charge is 2.18. The molecule has 0 aliphatic heterocycles. The van der Waals surface area contributed by atoms with Crippen molar-refractivity contribution in [2.45, 2.75) is 0 Å². The zero-order chi connectivity index (χ0) is 33.7. The van der Waals surface area contributed by atoms with Crippen LogP contribution >= 0.6 is 0 Å². The highest BCUT2D eigenvalue weighted by Crippen LogP contribution is 2.39. The topological polar surface area (TPSA) is 51.8 Å². The van der Waals surface area contributed by atoms with Crippen LogP contribution in [0.2, 0.25) is 0 Å². The molecule has 4 nitrogen and oxygen atoms in total. The summed E-state index contributed by atoms with van der Waals surface area (Å²) in [4.78, 5) is 15.3. The Morgan fingerprint density at radius 3 is 1.75 bits per heavy atom. The molecule has 2 aromatic heterocycles. The molecule has 0 radical (unpaired) electrons. The predicted molar refractivity (Wildman–Crippen MR) is 209 cm³/mol. The van der Waals surface area contributed by atoms with E-state index in [0.29, 0.717) is 17.5 Å². The van der Waals surface area contributed by atoms with Crippen molar-refractivity contribution in [3.8, 4) is 56.4 Å². The number of fused-ring (bicyclic) bond motifs is 5. The average Bonchev–Trinajstić information content (AvgIpc) is 3.59. The van der Waals surface area contributed by atoms with E-state index in [1.165, 1.54) is 33.0 Å². The van der Waals surface area contributed by atoms with Gasteiger partial charge >= 0.3 is 0 Å². The molecule has 10 aromatic rings. The van der Waals surface area contributed by atoms with Crippen molar-refractivity contribution < 1.29 is 4.42 Å². The SMILES string of the molecule is c1ccc(-c2ccc3c(-c4cccc5ccc(-c6nc(-c7ccccc7)nc(-c7cccc8oc9ccccc9c78)n6)cc45)cccc3c2)cc1. The van der Waals surface area contributed by atoms with E-state index in [9.17, 15) is 0 Å². The molecule has 0 fully saturated rings. The lowest BCUT2D eigenvalue weighted by Gasteiger charge is -2.13. The number of aromatic nitrogens is 3. The zero-order valence-corrected chi connectivity index (χ0v) is 27.5. The Morgan fingerprint density at radius 2 is 0.922 bits per heavy atom. The molecular weight excluding hydrogens is 623 g/mol. The summed E-state index contributed by atoms with van der Waals surface area (Å²) in [5.41, 5.74) is 9.18. The first-order valence-electron chi connectivity index (χ1n) is 17.1. The zero-order valence-electron chi connectivity index (χ0n) is 27.5. The Bertz CT molecular complexity index is 2910. The first kappa shape index (κ1) is 29.0. The first-order valence-corrected chi connectivity index (χ1v) is 17.1. The van der Waals surface area contributed by atoms with Gasteiger partial charge in [-0.1, -0.05) is 152 Å². The van der Waals surface area contributed by atoms with Gasteiger partial charge in [0.05, 0.1) is 0 Å². The number of para-hydroxylation sites is 1. The summed E-state index contributed by atoms with van der Waals surface area (Å²) in [5, 5.41) is 6.74. The summed E-state index contributed by atoms with van der Waals surface area (Å²) in [6.45, 7) is 0. The van der Waals surface area contributed by atoms with Gasteiger partial charge in [0.15, 0.2) is 17.5 Å². The third-order valence-electron chi connectivity index (χ3n) is 9.73. The summed E-state index contributed by atoms with van der Waals surface area (Å²) in [7, 11) is 0. The van der Waals surface area contributed by atoms with Gasteiger partial charge in [0, 0.05) is 27.5 Å². The lowest BCUT2D eigenvalue weighted by molar-refractivity contribution is 0.669. The Balaban J connectivity index is 1.16. The molecule has 238 valence electrons. The van der Waals surface area contributed by atoms with E-state index in [1.807, 2.05) is 60.7 Å². The van der Waals surface area contributed by atoms with E-state index in [0.717, 1.165) is 49.4 Å². The largest absolute Gasteiger partial charge is 0.456 e. The van der Waals surface area contributed by atoms with Crippen molar-refractivity contribution in [3.05, 3.63) is 176 Å². The Labute approximate surface area is 294 Å². The van der Waals surface area contributed by atoms with Gasteiger partial charge in [-0.3, -0.25) is 0 Å². The third-order valence-corrected chi connectivity index (χ3v) is 9.73. The molecule has 0 saturated heterocycles. The Hall–Kier alpha value is -6.91. The summed E-state index contributed by atoms with van der Waals surface area (Å²) in [6.07, 6.45) is 0. The smallest absolute Gasteiger partial charge is 0.164 e. The minimum Gasteiger partial charge on any atom is -0.456 e. The van der Waals surface area contributed by atoms with E-state index in [-0.39, 0.29) is 0 Å². The number of benzene rings is 8. The molecule has 51 heavy (non-hydrogen) atoms. The van der Waals surface area contributed by atoms with Crippen LogP contribution in [0.3, 0.4) is 0 Å². The number of hydrogen-bond acceptors (Lipinski definition) is 4. The fraction of sp³-hybridized carbons (Fsp3) is 0. The maximum Gasteiger partial charge on any atom is 0.164 e. The van der Waals surface area contributed by atoms with Crippen molar-refractivity contribution >= 4 is 43.5 Å². The second-order valence-electron chi connectivity index (χ2n) is 12.8. The average molecular weight is 652 g/mol. The molecule has 0 aliphatic rings. The normalized spacial score (nSPS) is 11.5. The van der Waals surface area contributed by atoms with Gasteiger partial charge < -0.3 is 4.42 Å². The van der Waals surface area contributed by atoms with Crippen LogP contribution < -0.4 is 0 Å². The molecule has 2 heterocycles. The van der Waals surface area contributed by atoms with Crippen LogP contribution in [-0.4, -0.2) is 15.0 Å². The maximum atomic E-state index is 6.24. The van der Waals surface area contributed by atoms with Crippen LogP contribution in [0.1, 0.15) is 0 Å².